The van der Waals surface area contributed by atoms with Gasteiger partial charge in [0.15, 0.2) is 5.75 Å². The first-order valence-electron chi connectivity index (χ1n) is 8.52. The molecular formula is C21H20BrNO4. The van der Waals surface area contributed by atoms with Crippen molar-refractivity contribution < 1.29 is 14.9 Å². The Morgan fingerprint density at radius 3 is 2.37 bits per heavy atom. The maximum absolute atomic E-state index is 13.0. The molecule has 0 fully saturated rings. The molecule has 0 saturated carbocycles. The molecule has 0 unspecified atom stereocenters. The van der Waals surface area contributed by atoms with Gasteiger partial charge in [-0.25, -0.2) is 0 Å². The zero-order valence-electron chi connectivity index (χ0n) is 14.9. The average molecular weight is 430 g/mol. The van der Waals surface area contributed by atoms with Crippen LogP contribution in [0.3, 0.4) is 0 Å². The van der Waals surface area contributed by atoms with E-state index in [-0.39, 0.29) is 31.3 Å². The summed E-state index contributed by atoms with van der Waals surface area (Å²) in [6, 6.07) is 16.8. The molecule has 1 aromatic heterocycles. The molecule has 0 amide bonds. The molecule has 2 aromatic carbocycles. The minimum atomic E-state index is -0.471. The number of nitrogens with zero attached hydrogens (tertiary/aromatic N) is 1. The molecular weight excluding hydrogens is 410 g/mol. The number of hydrogen-bond acceptors (Lipinski definition) is 4. The van der Waals surface area contributed by atoms with Crippen LogP contribution in [-0.4, -0.2) is 21.4 Å². The van der Waals surface area contributed by atoms with Crippen LogP contribution in [0.1, 0.15) is 11.1 Å². The first kappa shape index (κ1) is 19.2. The predicted octanol–water partition coefficient (Wildman–Crippen LogP) is 3.86. The van der Waals surface area contributed by atoms with Crippen molar-refractivity contribution in [1.82, 2.24) is 4.57 Å². The number of ether oxygens (including phenoxy) is 1. The summed E-state index contributed by atoms with van der Waals surface area (Å²) in [7, 11) is 0. The molecule has 0 saturated heterocycles. The van der Waals surface area contributed by atoms with E-state index in [0.717, 1.165) is 15.6 Å². The topological polar surface area (TPSA) is 71.7 Å². The fraction of sp³-hybridized carbons (Fsp3) is 0.190. The Balaban J connectivity index is 2.08. The highest BCUT2D eigenvalue weighted by molar-refractivity contribution is 9.10. The number of aliphatic hydroxyl groups excluding tert-OH is 1. The van der Waals surface area contributed by atoms with Gasteiger partial charge >= 0.3 is 0 Å². The molecule has 5 nitrogen and oxygen atoms in total. The van der Waals surface area contributed by atoms with Crippen LogP contribution in [-0.2, 0) is 13.2 Å². The molecule has 0 atom stereocenters. The lowest BCUT2D eigenvalue weighted by atomic mass is 10.0. The lowest BCUT2D eigenvalue weighted by Gasteiger charge is -2.19. The molecule has 0 spiro atoms. The third-order valence-electron chi connectivity index (χ3n) is 4.30. The minimum absolute atomic E-state index is 0.104. The Bertz CT molecular complexity index is 982. The van der Waals surface area contributed by atoms with Crippen LogP contribution >= 0.6 is 15.9 Å². The maximum atomic E-state index is 13.0. The first-order chi connectivity index (χ1) is 13.0. The Hall–Kier alpha value is -2.57. The maximum Gasteiger partial charge on any atom is 0.297 e. The fourth-order valence-corrected chi connectivity index (χ4v) is 3.23. The summed E-state index contributed by atoms with van der Waals surface area (Å²) in [5.74, 6) is -0.284. The van der Waals surface area contributed by atoms with Gasteiger partial charge in [-0.2, -0.15) is 0 Å². The number of aliphatic hydroxyl groups is 1. The van der Waals surface area contributed by atoms with Crippen LogP contribution in [0.2, 0.25) is 0 Å². The third kappa shape index (κ3) is 4.07. The monoisotopic (exact) mass is 429 g/mol. The van der Waals surface area contributed by atoms with Gasteiger partial charge in [0.25, 0.3) is 5.56 Å². The molecule has 6 heteroatoms. The Morgan fingerprint density at radius 2 is 1.74 bits per heavy atom. The number of hydrogen-bond donors (Lipinski definition) is 2. The summed E-state index contributed by atoms with van der Waals surface area (Å²) in [5.41, 5.74) is 2.27. The Morgan fingerprint density at radius 1 is 1.07 bits per heavy atom. The van der Waals surface area contributed by atoms with Gasteiger partial charge in [0.05, 0.1) is 12.3 Å². The van der Waals surface area contributed by atoms with Gasteiger partial charge in [0.1, 0.15) is 6.61 Å². The summed E-state index contributed by atoms with van der Waals surface area (Å²) in [4.78, 5) is 13.0. The van der Waals surface area contributed by atoms with Crippen LogP contribution in [0.25, 0.3) is 11.3 Å². The van der Waals surface area contributed by atoms with Gasteiger partial charge < -0.3 is 19.5 Å². The SMILES string of the molecule is Cc1c(O)c(OCc2ccccc2)c(=O)n(CCO)c1-c1ccc(Br)cc1. The zero-order chi connectivity index (χ0) is 19.4. The van der Waals surface area contributed by atoms with E-state index in [2.05, 4.69) is 15.9 Å². The number of pyridine rings is 1. The van der Waals surface area contributed by atoms with Gasteiger partial charge in [-0.3, -0.25) is 4.79 Å². The highest BCUT2D eigenvalue weighted by Crippen LogP contribution is 2.34. The first-order valence-corrected chi connectivity index (χ1v) is 9.32. The van der Waals surface area contributed by atoms with E-state index in [1.54, 1.807) is 6.92 Å². The number of rotatable bonds is 6. The summed E-state index contributed by atoms with van der Waals surface area (Å²) >= 11 is 3.39. The number of benzene rings is 2. The second kappa shape index (κ2) is 8.41. The normalized spacial score (nSPS) is 10.8. The fourth-order valence-electron chi connectivity index (χ4n) is 2.96. The van der Waals surface area contributed by atoms with E-state index in [9.17, 15) is 15.0 Å². The van der Waals surface area contributed by atoms with Crippen molar-refractivity contribution in [2.75, 3.05) is 6.61 Å². The van der Waals surface area contributed by atoms with Crippen molar-refractivity contribution in [3.05, 3.63) is 80.6 Å². The van der Waals surface area contributed by atoms with Crippen molar-refractivity contribution >= 4 is 15.9 Å². The van der Waals surface area contributed by atoms with Gasteiger partial charge in [0.2, 0.25) is 5.75 Å². The average Bonchev–Trinajstić information content (AvgIpc) is 2.68. The van der Waals surface area contributed by atoms with E-state index in [0.29, 0.717) is 11.3 Å². The lowest BCUT2D eigenvalue weighted by Crippen LogP contribution is -2.26. The number of aromatic nitrogens is 1. The van der Waals surface area contributed by atoms with E-state index in [1.165, 1.54) is 4.57 Å². The largest absolute Gasteiger partial charge is 0.504 e. The molecule has 0 aliphatic carbocycles. The minimum Gasteiger partial charge on any atom is -0.504 e. The second-order valence-corrected chi connectivity index (χ2v) is 7.03. The zero-order valence-corrected chi connectivity index (χ0v) is 16.4. The number of halogens is 1. The van der Waals surface area contributed by atoms with Gasteiger partial charge in [-0.05, 0) is 30.2 Å². The highest BCUT2D eigenvalue weighted by atomic mass is 79.9. The van der Waals surface area contributed by atoms with Gasteiger partial charge in [-0.1, -0.05) is 58.4 Å². The molecule has 0 aliphatic rings. The predicted molar refractivity (Wildman–Crippen MR) is 108 cm³/mol. The van der Waals surface area contributed by atoms with Crippen LogP contribution in [0.15, 0.2) is 63.9 Å². The molecule has 27 heavy (non-hydrogen) atoms. The van der Waals surface area contributed by atoms with Crippen molar-refractivity contribution in [2.24, 2.45) is 0 Å². The third-order valence-corrected chi connectivity index (χ3v) is 4.83. The molecule has 3 aromatic rings. The van der Waals surface area contributed by atoms with E-state index < -0.39 is 5.56 Å². The van der Waals surface area contributed by atoms with Gasteiger partial charge in [0, 0.05) is 16.6 Å². The van der Waals surface area contributed by atoms with Crippen molar-refractivity contribution in [3.63, 3.8) is 0 Å². The van der Waals surface area contributed by atoms with Crippen molar-refractivity contribution in [3.8, 4) is 22.8 Å². The lowest BCUT2D eigenvalue weighted by molar-refractivity contribution is 0.263. The molecule has 2 N–H and O–H groups in total. The summed E-state index contributed by atoms with van der Waals surface area (Å²) in [6.07, 6.45) is 0. The van der Waals surface area contributed by atoms with E-state index >= 15 is 0 Å². The molecule has 0 bridgehead atoms. The summed E-state index contributed by atoms with van der Waals surface area (Å²) in [5, 5.41) is 20.1. The van der Waals surface area contributed by atoms with Crippen LogP contribution in [0, 0.1) is 6.92 Å². The molecule has 140 valence electrons. The van der Waals surface area contributed by atoms with E-state index in [4.69, 9.17) is 4.74 Å². The van der Waals surface area contributed by atoms with Gasteiger partial charge in [-0.15, -0.1) is 0 Å². The second-order valence-electron chi connectivity index (χ2n) is 6.11. The van der Waals surface area contributed by atoms with Crippen LogP contribution < -0.4 is 10.3 Å². The Labute approximate surface area is 165 Å². The van der Waals surface area contributed by atoms with Crippen LogP contribution in [0.5, 0.6) is 11.5 Å². The Kier molecular flexibility index (Phi) is 5.98. The smallest absolute Gasteiger partial charge is 0.297 e. The summed E-state index contributed by atoms with van der Waals surface area (Å²) in [6.45, 7) is 1.80. The van der Waals surface area contributed by atoms with Crippen molar-refractivity contribution in [1.29, 1.82) is 0 Å². The summed E-state index contributed by atoms with van der Waals surface area (Å²) < 4.78 is 8.01. The molecule has 1 heterocycles. The quantitative estimate of drug-likeness (QED) is 0.623. The highest BCUT2D eigenvalue weighted by Gasteiger charge is 2.21. The van der Waals surface area contributed by atoms with Crippen molar-refractivity contribution in [2.45, 2.75) is 20.1 Å². The molecule has 3 rings (SSSR count). The number of aromatic hydroxyl groups is 1. The standard InChI is InChI=1S/C21H20BrNO4/c1-14-18(16-7-9-17(22)10-8-16)23(11-12-24)21(26)20(19(14)25)27-13-15-5-3-2-4-6-15/h2-10,24-25H,11-13H2,1H3. The van der Waals surface area contributed by atoms with E-state index in [1.807, 2.05) is 54.6 Å². The molecule has 0 aliphatic heterocycles. The van der Waals surface area contributed by atoms with Crippen LogP contribution in [0.4, 0.5) is 0 Å². The molecule has 0 radical (unpaired) electrons.